The Labute approximate surface area is 107 Å². The van der Waals surface area contributed by atoms with E-state index in [-0.39, 0.29) is 6.04 Å². The third-order valence-electron chi connectivity index (χ3n) is 3.82. The second kappa shape index (κ2) is 3.94. The summed E-state index contributed by atoms with van der Waals surface area (Å²) in [6.45, 7) is 2.04. The van der Waals surface area contributed by atoms with Gasteiger partial charge in [0.05, 0.1) is 0 Å². The monoisotopic (exact) mass is 239 g/mol. The van der Waals surface area contributed by atoms with Crippen molar-refractivity contribution in [1.29, 1.82) is 0 Å². The van der Waals surface area contributed by atoms with Gasteiger partial charge in [0, 0.05) is 12.5 Å². The molecular weight excluding hydrogens is 222 g/mol. The van der Waals surface area contributed by atoms with Crippen LogP contribution < -0.4 is 5.73 Å². The van der Waals surface area contributed by atoms with Gasteiger partial charge in [0.2, 0.25) is 0 Å². The summed E-state index contributed by atoms with van der Waals surface area (Å²) in [5, 5.41) is 11.0. The Morgan fingerprint density at radius 3 is 2.72 bits per heavy atom. The van der Waals surface area contributed by atoms with E-state index in [1.807, 2.05) is 55.5 Å². The highest BCUT2D eigenvalue weighted by Gasteiger charge is 2.42. The molecule has 2 heteroatoms. The van der Waals surface area contributed by atoms with E-state index in [1.165, 1.54) is 0 Å². The van der Waals surface area contributed by atoms with Gasteiger partial charge in [0.1, 0.15) is 5.60 Å². The van der Waals surface area contributed by atoms with Gasteiger partial charge in [-0.3, -0.25) is 0 Å². The quantitative estimate of drug-likeness (QED) is 0.803. The van der Waals surface area contributed by atoms with Crippen LogP contribution in [0.3, 0.4) is 0 Å². The molecule has 3 N–H and O–H groups in total. The maximum absolute atomic E-state index is 11.0. The minimum atomic E-state index is -0.942. The molecule has 0 amide bonds. The van der Waals surface area contributed by atoms with Gasteiger partial charge in [-0.25, -0.2) is 0 Å². The first-order valence-electron chi connectivity index (χ1n) is 6.26. The zero-order valence-corrected chi connectivity index (χ0v) is 10.4. The maximum atomic E-state index is 11.0. The molecule has 0 saturated heterocycles. The molecule has 0 saturated carbocycles. The topological polar surface area (TPSA) is 46.2 Å². The van der Waals surface area contributed by atoms with Gasteiger partial charge < -0.3 is 10.8 Å². The van der Waals surface area contributed by atoms with Crippen LogP contribution in [0.15, 0.2) is 48.5 Å². The smallest absolute Gasteiger partial charge is 0.117 e. The number of hydrogen-bond donors (Lipinski definition) is 2. The average Bonchev–Trinajstić information content (AvgIpc) is 2.64. The van der Waals surface area contributed by atoms with Crippen molar-refractivity contribution in [2.75, 3.05) is 0 Å². The highest BCUT2D eigenvalue weighted by atomic mass is 16.3. The largest absolute Gasteiger partial charge is 0.380 e. The van der Waals surface area contributed by atoms with E-state index in [1.54, 1.807) is 0 Å². The summed E-state index contributed by atoms with van der Waals surface area (Å²) in [5.41, 5.74) is 9.28. The molecule has 0 bridgehead atoms. The first-order chi connectivity index (χ1) is 8.61. The van der Waals surface area contributed by atoms with Crippen LogP contribution >= 0.6 is 0 Å². The lowest BCUT2D eigenvalue weighted by atomic mass is 9.87. The van der Waals surface area contributed by atoms with Crippen LogP contribution in [-0.2, 0) is 5.60 Å². The second-order valence-electron chi connectivity index (χ2n) is 5.13. The van der Waals surface area contributed by atoms with Crippen LogP contribution in [0.1, 0.15) is 34.7 Å². The van der Waals surface area contributed by atoms with Gasteiger partial charge in [0.25, 0.3) is 0 Å². The summed E-state index contributed by atoms with van der Waals surface area (Å²) in [6.07, 6.45) is 0.551. The highest BCUT2D eigenvalue weighted by Crippen LogP contribution is 2.46. The lowest BCUT2D eigenvalue weighted by Gasteiger charge is -2.25. The molecule has 92 valence electrons. The van der Waals surface area contributed by atoms with Gasteiger partial charge in [0.15, 0.2) is 0 Å². The maximum Gasteiger partial charge on any atom is 0.117 e. The number of aryl methyl sites for hydroxylation is 1. The van der Waals surface area contributed by atoms with Crippen molar-refractivity contribution in [3.8, 4) is 0 Å². The molecule has 0 aromatic heterocycles. The minimum Gasteiger partial charge on any atom is -0.380 e. The fourth-order valence-electron chi connectivity index (χ4n) is 2.91. The summed E-state index contributed by atoms with van der Waals surface area (Å²) in [7, 11) is 0. The van der Waals surface area contributed by atoms with E-state index in [0.717, 1.165) is 22.3 Å². The van der Waals surface area contributed by atoms with Crippen molar-refractivity contribution in [3.05, 3.63) is 70.8 Å². The van der Waals surface area contributed by atoms with E-state index in [0.29, 0.717) is 6.42 Å². The zero-order chi connectivity index (χ0) is 12.8. The van der Waals surface area contributed by atoms with E-state index >= 15 is 0 Å². The number of fused-ring (bicyclic) bond motifs is 1. The summed E-state index contributed by atoms with van der Waals surface area (Å²) in [6, 6.07) is 15.8. The van der Waals surface area contributed by atoms with Gasteiger partial charge in [-0.05, 0) is 23.6 Å². The van der Waals surface area contributed by atoms with Crippen molar-refractivity contribution >= 4 is 0 Å². The Balaban J connectivity index is 2.18. The third kappa shape index (κ3) is 1.57. The van der Waals surface area contributed by atoms with Crippen molar-refractivity contribution in [1.82, 2.24) is 0 Å². The van der Waals surface area contributed by atoms with Gasteiger partial charge in [-0.15, -0.1) is 0 Å². The molecule has 2 atom stereocenters. The van der Waals surface area contributed by atoms with Crippen LogP contribution in [-0.4, -0.2) is 5.11 Å². The van der Waals surface area contributed by atoms with Gasteiger partial charge in [-0.2, -0.15) is 0 Å². The van der Waals surface area contributed by atoms with E-state index in [9.17, 15) is 5.11 Å². The summed E-state index contributed by atoms with van der Waals surface area (Å²) in [4.78, 5) is 0. The molecule has 2 aromatic carbocycles. The lowest BCUT2D eigenvalue weighted by Crippen LogP contribution is -2.25. The van der Waals surface area contributed by atoms with Crippen molar-refractivity contribution in [2.45, 2.75) is 25.0 Å². The van der Waals surface area contributed by atoms with E-state index in [4.69, 9.17) is 5.73 Å². The van der Waals surface area contributed by atoms with E-state index in [2.05, 4.69) is 0 Å². The molecule has 0 aliphatic heterocycles. The standard InChI is InChI=1S/C16H17NO/c1-11-5-4-6-12(9-11)16(18)10-15(17)13-7-2-3-8-14(13)16/h2-9,15,18H,10,17H2,1H3. The molecule has 0 spiro atoms. The summed E-state index contributed by atoms with van der Waals surface area (Å²) < 4.78 is 0. The molecule has 0 fully saturated rings. The molecule has 0 heterocycles. The van der Waals surface area contributed by atoms with Gasteiger partial charge >= 0.3 is 0 Å². The predicted molar refractivity (Wildman–Crippen MR) is 72.2 cm³/mol. The Morgan fingerprint density at radius 2 is 1.94 bits per heavy atom. The van der Waals surface area contributed by atoms with Crippen LogP contribution in [0, 0.1) is 6.92 Å². The molecular formula is C16H17NO. The predicted octanol–water partition coefficient (Wildman–Crippen LogP) is 2.63. The molecule has 0 radical (unpaired) electrons. The molecule has 1 aliphatic carbocycles. The number of aliphatic hydroxyl groups is 1. The second-order valence-corrected chi connectivity index (χ2v) is 5.13. The van der Waals surface area contributed by atoms with E-state index < -0.39 is 5.60 Å². The molecule has 2 nitrogen and oxygen atoms in total. The van der Waals surface area contributed by atoms with Crippen molar-refractivity contribution in [2.24, 2.45) is 5.73 Å². The van der Waals surface area contributed by atoms with Crippen molar-refractivity contribution < 1.29 is 5.11 Å². The first kappa shape index (κ1) is 11.5. The highest BCUT2D eigenvalue weighted by molar-refractivity contribution is 5.47. The Bertz CT molecular complexity index is 593. The Kier molecular flexibility index (Phi) is 2.51. The Hall–Kier alpha value is -1.64. The normalized spacial score (nSPS) is 26.1. The Morgan fingerprint density at radius 1 is 1.17 bits per heavy atom. The number of benzene rings is 2. The SMILES string of the molecule is Cc1cccc(C2(O)CC(N)c3ccccc32)c1. The molecule has 1 aliphatic rings. The third-order valence-corrected chi connectivity index (χ3v) is 3.82. The fraction of sp³-hybridized carbons (Fsp3) is 0.250. The average molecular weight is 239 g/mol. The van der Waals surface area contributed by atoms with Crippen LogP contribution in [0.5, 0.6) is 0 Å². The zero-order valence-electron chi connectivity index (χ0n) is 10.4. The van der Waals surface area contributed by atoms with Gasteiger partial charge in [-0.1, -0.05) is 54.1 Å². The van der Waals surface area contributed by atoms with Crippen LogP contribution in [0.25, 0.3) is 0 Å². The molecule has 3 rings (SSSR count). The molecule has 18 heavy (non-hydrogen) atoms. The molecule has 2 unspecified atom stereocenters. The number of rotatable bonds is 1. The minimum absolute atomic E-state index is 0.0910. The summed E-state index contributed by atoms with van der Waals surface area (Å²) >= 11 is 0. The number of nitrogens with two attached hydrogens (primary N) is 1. The summed E-state index contributed by atoms with van der Waals surface area (Å²) in [5.74, 6) is 0. The first-order valence-corrected chi connectivity index (χ1v) is 6.26. The van der Waals surface area contributed by atoms with Crippen LogP contribution in [0.4, 0.5) is 0 Å². The number of hydrogen-bond acceptors (Lipinski definition) is 2. The lowest BCUT2D eigenvalue weighted by molar-refractivity contribution is 0.0776. The molecule has 2 aromatic rings. The fourth-order valence-corrected chi connectivity index (χ4v) is 2.91. The van der Waals surface area contributed by atoms with Crippen molar-refractivity contribution in [3.63, 3.8) is 0 Å². The van der Waals surface area contributed by atoms with Crippen LogP contribution in [0.2, 0.25) is 0 Å².